The topological polar surface area (TPSA) is 7.12 Å². The molecule has 0 bridgehead atoms. The summed E-state index contributed by atoms with van der Waals surface area (Å²) >= 11 is 3.67. The van der Waals surface area contributed by atoms with Crippen LogP contribution in [0.2, 0.25) is 0 Å². The molecule has 4 heteroatoms. The monoisotopic (exact) mass is 483 g/mol. The van der Waals surface area contributed by atoms with Crippen molar-refractivity contribution < 1.29 is 4.57 Å². The number of thioether (sulfide) groups is 1. The Bertz CT molecular complexity index is 1430. The number of allylic oxidation sites excluding steroid dienone is 4. The molecule has 2 aromatic carbocycles. The number of benzene rings is 2. The largest absolute Gasteiger partial charge is 0.335 e. The maximum absolute atomic E-state index is 5.93. The molecule has 0 unspecified atom stereocenters. The summed E-state index contributed by atoms with van der Waals surface area (Å²) in [4.78, 5) is 3.79. The first kappa shape index (κ1) is 23.0. The van der Waals surface area contributed by atoms with E-state index in [1.54, 1.807) is 11.3 Å². The molecule has 0 saturated carbocycles. The number of hydrogen-bond donors (Lipinski definition) is 0. The smallest absolute Gasteiger partial charge is 0.278 e. The Labute approximate surface area is 211 Å². The maximum Gasteiger partial charge on any atom is 0.278 e. The van der Waals surface area contributed by atoms with Crippen LogP contribution in [0.5, 0.6) is 0 Å². The van der Waals surface area contributed by atoms with Crippen molar-refractivity contribution in [2.24, 2.45) is 5.41 Å². The third-order valence-electron chi connectivity index (χ3n) is 6.48. The van der Waals surface area contributed by atoms with Crippen molar-refractivity contribution in [3.8, 4) is 12.5 Å². The molecule has 3 aromatic rings. The maximum atomic E-state index is 5.93. The zero-order valence-electron chi connectivity index (χ0n) is 20.6. The molecule has 0 radical (unpaired) electrons. The van der Waals surface area contributed by atoms with Crippen molar-refractivity contribution in [3.05, 3.63) is 80.9 Å². The Balaban J connectivity index is 1.55. The molecule has 2 nitrogen and oxygen atoms in total. The summed E-state index contributed by atoms with van der Waals surface area (Å²) in [5, 5.41) is 2.44. The molecule has 0 amide bonds. The highest BCUT2D eigenvalue weighted by Gasteiger charge is 2.29. The van der Waals surface area contributed by atoms with E-state index in [4.69, 9.17) is 6.42 Å². The average molecular weight is 484 g/mol. The number of terminal acetylenes is 1. The molecule has 0 atom stereocenters. The molecule has 2 aliphatic rings. The molecule has 0 saturated heterocycles. The van der Waals surface area contributed by atoms with Gasteiger partial charge in [-0.3, -0.25) is 0 Å². The summed E-state index contributed by atoms with van der Waals surface area (Å²) in [6.45, 7) is 12.2. The van der Waals surface area contributed by atoms with E-state index < -0.39 is 0 Å². The molecule has 0 N–H and O–H groups in total. The van der Waals surface area contributed by atoms with E-state index in [2.05, 4.69) is 100 Å². The molecule has 1 aliphatic carbocycles. The molecule has 2 heterocycles. The minimum Gasteiger partial charge on any atom is -0.335 e. The Hall–Kier alpha value is -2.74. The molecule has 0 spiro atoms. The molecule has 1 aliphatic heterocycles. The highest BCUT2D eigenvalue weighted by molar-refractivity contribution is 8.03. The van der Waals surface area contributed by atoms with Crippen molar-refractivity contribution in [1.82, 2.24) is 0 Å². The number of aryl methyl sites for hydroxylation is 2. The lowest BCUT2D eigenvalue weighted by Crippen LogP contribution is -2.29. The van der Waals surface area contributed by atoms with Gasteiger partial charge in [0.2, 0.25) is 11.6 Å². The van der Waals surface area contributed by atoms with Crippen LogP contribution in [-0.4, -0.2) is 6.54 Å². The number of thiazole rings is 1. The van der Waals surface area contributed by atoms with Gasteiger partial charge in [0.15, 0.2) is 0 Å². The van der Waals surface area contributed by atoms with Crippen LogP contribution in [0, 0.1) is 31.7 Å². The van der Waals surface area contributed by atoms with Crippen LogP contribution in [0.15, 0.2) is 69.6 Å². The summed E-state index contributed by atoms with van der Waals surface area (Å²) in [6, 6.07) is 16.1. The summed E-state index contributed by atoms with van der Waals surface area (Å²) < 4.78 is 3.23. The van der Waals surface area contributed by atoms with Gasteiger partial charge in [-0.25, -0.2) is 0 Å². The van der Waals surface area contributed by atoms with Crippen LogP contribution < -0.4 is 9.47 Å². The van der Waals surface area contributed by atoms with E-state index in [1.807, 2.05) is 16.3 Å². The molecule has 1 aromatic heterocycles. The Morgan fingerprint density at radius 3 is 2.62 bits per heavy atom. The highest BCUT2D eigenvalue weighted by Crippen LogP contribution is 2.48. The second-order valence-corrected chi connectivity index (χ2v) is 12.3. The first-order valence-electron chi connectivity index (χ1n) is 11.9. The zero-order chi connectivity index (χ0) is 24.0. The fourth-order valence-corrected chi connectivity index (χ4v) is 7.54. The summed E-state index contributed by atoms with van der Waals surface area (Å²) in [5.41, 5.74) is 7.94. The van der Waals surface area contributed by atoms with Crippen LogP contribution >= 0.6 is 23.1 Å². The Kier molecular flexibility index (Phi) is 5.96. The van der Waals surface area contributed by atoms with Crippen LogP contribution in [0.1, 0.15) is 49.7 Å². The van der Waals surface area contributed by atoms with Crippen molar-refractivity contribution in [2.45, 2.75) is 52.4 Å². The predicted octanol–water partition coefficient (Wildman–Crippen LogP) is 7.85. The minimum absolute atomic E-state index is 0.199. The van der Waals surface area contributed by atoms with Crippen LogP contribution in [0.3, 0.4) is 0 Å². The Morgan fingerprint density at radius 2 is 1.85 bits per heavy atom. The molecule has 5 rings (SSSR count). The van der Waals surface area contributed by atoms with Crippen molar-refractivity contribution >= 4 is 45.1 Å². The third-order valence-corrected chi connectivity index (χ3v) is 8.63. The van der Waals surface area contributed by atoms with E-state index >= 15 is 0 Å². The van der Waals surface area contributed by atoms with Crippen molar-refractivity contribution in [1.29, 1.82) is 0 Å². The second-order valence-electron chi connectivity index (χ2n) is 10.1. The number of aromatic nitrogens is 1. The van der Waals surface area contributed by atoms with Crippen molar-refractivity contribution in [2.75, 3.05) is 11.4 Å². The minimum atomic E-state index is 0.199. The van der Waals surface area contributed by atoms with Crippen LogP contribution in [0.4, 0.5) is 5.69 Å². The SMILES string of the molecule is C#C[n+]1c(/C=C2C=C(/C=C3\Sc4cc(C)ccc4N3CC)CC(C)(C)C/2)sc2cc(C)ccc21. The van der Waals surface area contributed by atoms with E-state index in [-0.39, 0.29) is 5.41 Å². The summed E-state index contributed by atoms with van der Waals surface area (Å²) in [5.74, 6) is 0. The number of rotatable bonds is 3. The zero-order valence-corrected chi connectivity index (χ0v) is 22.2. The third kappa shape index (κ3) is 4.35. The molecule has 0 fully saturated rings. The standard InChI is InChI=1S/C30H31N2S2/c1-7-31-24-11-9-20(3)13-26(24)33-28(31)16-22-15-23(19-30(5,6)18-22)17-29-32(8-2)25-12-10-21(4)14-27(25)34-29/h1,9-17H,8,18-19H2,2-6H3/q+1. The first-order chi connectivity index (χ1) is 16.3. The van der Waals surface area contributed by atoms with Gasteiger partial charge in [0.1, 0.15) is 4.70 Å². The van der Waals surface area contributed by atoms with Gasteiger partial charge in [0.25, 0.3) is 5.01 Å². The lowest BCUT2D eigenvalue weighted by molar-refractivity contribution is -0.551. The van der Waals surface area contributed by atoms with Gasteiger partial charge >= 0.3 is 0 Å². The number of anilines is 1. The van der Waals surface area contributed by atoms with Crippen LogP contribution in [-0.2, 0) is 0 Å². The van der Waals surface area contributed by atoms with E-state index in [1.165, 1.54) is 42.6 Å². The van der Waals surface area contributed by atoms with Gasteiger partial charge in [-0.15, -0.1) is 0 Å². The average Bonchev–Trinajstić information content (AvgIpc) is 3.27. The quantitative estimate of drug-likeness (QED) is 0.277. The summed E-state index contributed by atoms with van der Waals surface area (Å²) in [7, 11) is 0. The van der Waals surface area contributed by atoms with Gasteiger partial charge in [0.05, 0.1) is 10.7 Å². The lowest BCUT2D eigenvalue weighted by Gasteiger charge is -2.30. The van der Waals surface area contributed by atoms with E-state index in [0.29, 0.717) is 0 Å². The fraction of sp³-hybridized carbons (Fsp3) is 0.300. The van der Waals surface area contributed by atoms with Gasteiger partial charge in [-0.1, -0.05) is 59.7 Å². The fourth-order valence-electron chi connectivity index (χ4n) is 5.05. The number of nitrogens with zero attached hydrogens (tertiary/aromatic N) is 2. The molecular formula is C30H31N2S2+. The molecule has 34 heavy (non-hydrogen) atoms. The number of hydrogen-bond acceptors (Lipinski definition) is 3. The van der Waals surface area contributed by atoms with Crippen LogP contribution in [0.25, 0.3) is 16.3 Å². The first-order valence-corrected chi connectivity index (χ1v) is 13.5. The summed E-state index contributed by atoms with van der Waals surface area (Å²) in [6.07, 6.45) is 15.1. The molecular weight excluding hydrogens is 452 g/mol. The highest BCUT2D eigenvalue weighted by atomic mass is 32.2. The van der Waals surface area contributed by atoms with Crippen molar-refractivity contribution in [3.63, 3.8) is 0 Å². The molecule has 172 valence electrons. The van der Waals surface area contributed by atoms with Gasteiger partial charge in [0, 0.05) is 23.6 Å². The van der Waals surface area contributed by atoms with Gasteiger partial charge in [-0.2, -0.15) is 0 Å². The van der Waals surface area contributed by atoms with E-state index in [9.17, 15) is 0 Å². The second kappa shape index (κ2) is 8.80. The van der Waals surface area contributed by atoms with Gasteiger partial charge < -0.3 is 4.90 Å². The van der Waals surface area contributed by atoms with E-state index in [0.717, 1.165) is 29.9 Å². The van der Waals surface area contributed by atoms with Gasteiger partial charge in [-0.05, 0) is 92.0 Å². The normalized spacial score (nSPS) is 19.5. The number of fused-ring (bicyclic) bond motifs is 2. The predicted molar refractivity (Wildman–Crippen MR) is 148 cm³/mol. The lowest BCUT2D eigenvalue weighted by atomic mass is 9.75. The Morgan fingerprint density at radius 1 is 1.09 bits per heavy atom.